The summed E-state index contributed by atoms with van der Waals surface area (Å²) in [6.07, 6.45) is 0. The van der Waals surface area contributed by atoms with E-state index in [4.69, 9.17) is 34.3 Å². The number of aryl methyl sites for hydroxylation is 2. The van der Waals surface area contributed by atoms with Crippen LogP contribution in [0.4, 0.5) is 0 Å². The number of aromatic nitrogens is 1. The Hall–Kier alpha value is -1.17. The molecule has 0 radical (unpaired) electrons. The Kier molecular flexibility index (Phi) is 4.62. The Balaban J connectivity index is 2.50. The van der Waals surface area contributed by atoms with Crippen molar-refractivity contribution in [1.82, 2.24) is 4.98 Å². The number of rotatable bonds is 3. The van der Waals surface area contributed by atoms with Crippen molar-refractivity contribution in [2.24, 2.45) is 5.73 Å². The van der Waals surface area contributed by atoms with Gasteiger partial charge in [-0.1, -0.05) is 39.7 Å². The fourth-order valence-electron chi connectivity index (χ4n) is 1.84. The molecule has 0 aliphatic rings. The lowest BCUT2D eigenvalue weighted by Crippen LogP contribution is -2.14. The molecule has 0 aliphatic carbocycles. The largest absolute Gasteiger partial charge is 0.437 e. The van der Waals surface area contributed by atoms with Gasteiger partial charge in [-0.3, -0.25) is 0 Å². The summed E-state index contributed by atoms with van der Waals surface area (Å²) >= 11 is 14.6. The van der Waals surface area contributed by atoms with E-state index < -0.39 is 0 Å². The van der Waals surface area contributed by atoms with Crippen LogP contribution in [0.25, 0.3) is 0 Å². The Morgan fingerprint density at radius 1 is 1.35 bits per heavy atom. The summed E-state index contributed by atoms with van der Waals surface area (Å²) in [5, 5.41) is 0.481. The molecule has 1 heterocycles. The first kappa shape index (κ1) is 15.2. The van der Waals surface area contributed by atoms with Crippen LogP contribution in [0.2, 0.25) is 5.02 Å². The molecule has 0 aliphatic heterocycles. The minimum absolute atomic E-state index is 0.248. The smallest absolute Gasteiger partial charge is 0.230 e. The maximum Gasteiger partial charge on any atom is 0.230 e. The van der Waals surface area contributed by atoms with Gasteiger partial charge in [-0.2, -0.15) is 0 Å². The minimum Gasteiger partial charge on any atom is -0.437 e. The van der Waals surface area contributed by atoms with Gasteiger partial charge in [0.25, 0.3) is 0 Å². The van der Waals surface area contributed by atoms with Crippen LogP contribution in [0.15, 0.2) is 28.7 Å². The average Bonchev–Trinajstić information content (AvgIpc) is 2.31. The molecule has 104 valence electrons. The van der Waals surface area contributed by atoms with Crippen molar-refractivity contribution < 1.29 is 4.74 Å². The van der Waals surface area contributed by atoms with E-state index in [1.165, 1.54) is 0 Å². The quantitative estimate of drug-likeness (QED) is 0.805. The Bertz CT molecular complexity index is 691. The molecule has 2 rings (SSSR count). The van der Waals surface area contributed by atoms with Crippen molar-refractivity contribution in [3.05, 3.63) is 50.6 Å². The molecule has 0 unspecified atom stereocenters. The topological polar surface area (TPSA) is 48.1 Å². The second-order valence-electron chi connectivity index (χ2n) is 4.30. The van der Waals surface area contributed by atoms with Crippen LogP contribution in [0.5, 0.6) is 11.6 Å². The zero-order valence-corrected chi connectivity index (χ0v) is 14.1. The van der Waals surface area contributed by atoms with E-state index in [-0.39, 0.29) is 4.99 Å². The van der Waals surface area contributed by atoms with Gasteiger partial charge in [0, 0.05) is 10.2 Å². The van der Waals surface area contributed by atoms with Crippen LogP contribution in [0.3, 0.4) is 0 Å². The second kappa shape index (κ2) is 6.08. The van der Waals surface area contributed by atoms with Crippen molar-refractivity contribution in [2.75, 3.05) is 0 Å². The lowest BCUT2D eigenvalue weighted by atomic mass is 10.1. The van der Waals surface area contributed by atoms with E-state index in [1.54, 1.807) is 12.1 Å². The zero-order chi connectivity index (χ0) is 14.9. The fraction of sp³-hybridized carbons (Fsp3) is 0.143. The highest BCUT2D eigenvalue weighted by Crippen LogP contribution is 2.33. The highest BCUT2D eigenvalue weighted by molar-refractivity contribution is 9.10. The van der Waals surface area contributed by atoms with E-state index in [1.807, 2.05) is 26.0 Å². The second-order valence-corrected chi connectivity index (χ2v) is 6.06. The van der Waals surface area contributed by atoms with E-state index in [0.29, 0.717) is 22.2 Å². The molecule has 0 atom stereocenters. The molecule has 2 N–H and O–H groups in total. The number of pyridine rings is 1. The first-order valence-corrected chi connectivity index (χ1v) is 7.37. The first-order valence-electron chi connectivity index (χ1n) is 5.79. The molecule has 0 amide bonds. The van der Waals surface area contributed by atoms with Crippen LogP contribution in [0, 0.1) is 13.8 Å². The van der Waals surface area contributed by atoms with Gasteiger partial charge < -0.3 is 10.5 Å². The van der Waals surface area contributed by atoms with Crippen molar-refractivity contribution >= 4 is 44.7 Å². The Morgan fingerprint density at radius 3 is 2.65 bits per heavy atom. The highest BCUT2D eigenvalue weighted by atomic mass is 79.9. The molecule has 0 saturated heterocycles. The third kappa shape index (κ3) is 3.29. The number of ether oxygens (including phenoxy) is 1. The molecular weight excluding hydrogens is 360 g/mol. The van der Waals surface area contributed by atoms with Crippen LogP contribution in [-0.2, 0) is 0 Å². The van der Waals surface area contributed by atoms with E-state index in [2.05, 4.69) is 20.9 Å². The van der Waals surface area contributed by atoms with Gasteiger partial charge >= 0.3 is 0 Å². The van der Waals surface area contributed by atoms with Gasteiger partial charge in [-0.05, 0) is 43.7 Å². The van der Waals surface area contributed by atoms with Gasteiger partial charge in [0.05, 0.1) is 10.6 Å². The third-order valence-corrected chi connectivity index (χ3v) is 3.65. The van der Waals surface area contributed by atoms with Gasteiger partial charge in [0.2, 0.25) is 5.88 Å². The van der Waals surface area contributed by atoms with Gasteiger partial charge in [-0.15, -0.1) is 0 Å². The van der Waals surface area contributed by atoms with E-state index >= 15 is 0 Å². The lowest BCUT2D eigenvalue weighted by molar-refractivity contribution is 0.460. The number of nitrogens with two attached hydrogens (primary N) is 1. The molecule has 0 spiro atoms. The number of thiocarbonyl (C=S) groups is 1. The summed E-state index contributed by atoms with van der Waals surface area (Å²) in [5.74, 6) is 0.879. The van der Waals surface area contributed by atoms with Crippen molar-refractivity contribution in [3.8, 4) is 11.6 Å². The van der Waals surface area contributed by atoms with Crippen molar-refractivity contribution in [3.63, 3.8) is 0 Å². The number of hydrogen-bond donors (Lipinski definition) is 1. The molecule has 6 heteroatoms. The number of hydrogen-bond acceptors (Lipinski definition) is 3. The lowest BCUT2D eigenvalue weighted by Gasteiger charge is -2.13. The molecule has 1 aromatic carbocycles. The summed E-state index contributed by atoms with van der Waals surface area (Å²) < 4.78 is 6.66. The van der Waals surface area contributed by atoms with Crippen LogP contribution in [-0.4, -0.2) is 9.97 Å². The Labute approximate surface area is 136 Å². The number of nitrogens with zero attached hydrogens (tertiary/aromatic N) is 1. The molecule has 3 nitrogen and oxygen atoms in total. The van der Waals surface area contributed by atoms with Crippen LogP contribution in [0.1, 0.15) is 16.8 Å². The summed E-state index contributed by atoms with van der Waals surface area (Å²) in [5.41, 5.74) is 8.13. The predicted octanol–water partition coefficient (Wildman–Crippen LogP) is 4.54. The average molecular weight is 372 g/mol. The summed E-state index contributed by atoms with van der Waals surface area (Å²) in [6, 6.07) is 7.25. The first-order chi connectivity index (χ1) is 9.38. The normalized spacial score (nSPS) is 10.4. The fourth-order valence-corrected chi connectivity index (χ4v) is 2.80. The predicted molar refractivity (Wildman–Crippen MR) is 88.8 cm³/mol. The molecule has 20 heavy (non-hydrogen) atoms. The monoisotopic (exact) mass is 370 g/mol. The molecule has 0 saturated carbocycles. The molecule has 0 bridgehead atoms. The number of halogens is 2. The van der Waals surface area contributed by atoms with E-state index in [9.17, 15) is 0 Å². The minimum atomic E-state index is 0.248. The van der Waals surface area contributed by atoms with Crippen LogP contribution >= 0.6 is 39.7 Å². The van der Waals surface area contributed by atoms with Gasteiger partial charge in [0.1, 0.15) is 10.7 Å². The molecular formula is C14H12BrClN2OS. The van der Waals surface area contributed by atoms with Crippen LogP contribution < -0.4 is 10.5 Å². The molecule has 2 aromatic rings. The SMILES string of the molecule is Cc1cc(C)c(C(N)=S)c(Oc2ccc(Br)cc2Cl)n1. The summed E-state index contributed by atoms with van der Waals surface area (Å²) in [7, 11) is 0. The van der Waals surface area contributed by atoms with Crippen molar-refractivity contribution in [2.45, 2.75) is 13.8 Å². The maximum atomic E-state index is 6.14. The molecule has 0 fully saturated rings. The van der Waals surface area contributed by atoms with Crippen molar-refractivity contribution in [1.29, 1.82) is 0 Å². The van der Waals surface area contributed by atoms with Gasteiger partial charge in [0.15, 0.2) is 0 Å². The third-order valence-electron chi connectivity index (χ3n) is 2.66. The Morgan fingerprint density at radius 2 is 2.05 bits per heavy atom. The van der Waals surface area contributed by atoms with E-state index in [0.717, 1.165) is 15.7 Å². The number of benzene rings is 1. The summed E-state index contributed by atoms with van der Waals surface area (Å²) in [6.45, 7) is 3.80. The maximum absolute atomic E-state index is 6.14. The summed E-state index contributed by atoms with van der Waals surface area (Å²) in [4.78, 5) is 4.60. The standard InChI is InChI=1S/C14H12BrClN2OS/c1-7-5-8(2)18-14(12(7)13(17)20)19-11-4-3-9(15)6-10(11)16/h3-6H,1-2H3,(H2,17,20). The zero-order valence-electron chi connectivity index (χ0n) is 10.9. The highest BCUT2D eigenvalue weighted by Gasteiger charge is 2.15. The molecule has 1 aromatic heterocycles. The van der Waals surface area contributed by atoms with Gasteiger partial charge in [-0.25, -0.2) is 4.98 Å².